The van der Waals surface area contributed by atoms with E-state index >= 15 is 0 Å². The first kappa shape index (κ1) is 15.8. The second-order valence-electron chi connectivity index (χ2n) is 6.68. The van der Waals surface area contributed by atoms with Gasteiger partial charge in [-0.15, -0.1) is 0 Å². The molecule has 0 spiro atoms. The molecule has 0 aromatic carbocycles. The number of piperidine rings is 1. The lowest BCUT2D eigenvalue weighted by Gasteiger charge is -2.47. The van der Waals surface area contributed by atoms with Crippen LogP contribution in [0.4, 0.5) is 0 Å². The van der Waals surface area contributed by atoms with E-state index in [-0.39, 0.29) is 17.4 Å². The molecule has 1 N–H and O–H groups in total. The van der Waals surface area contributed by atoms with Gasteiger partial charge in [-0.2, -0.15) is 0 Å². The zero-order valence-corrected chi connectivity index (χ0v) is 13.0. The van der Waals surface area contributed by atoms with Crippen LogP contribution in [-0.2, 0) is 9.53 Å². The Labute approximate surface area is 122 Å². The Bertz CT molecular complexity index is 325. The van der Waals surface area contributed by atoms with Crippen molar-refractivity contribution in [3.8, 4) is 0 Å². The molecule has 20 heavy (non-hydrogen) atoms. The maximum absolute atomic E-state index is 12.8. The number of hydrogen-bond acceptors (Lipinski definition) is 3. The van der Waals surface area contributed by atoms with Crippen LogP contribution < -0.4 is 0 Å². The molecule has 116 valence electrons. The Morgan fingerprint density at radius 1 is 1.25 bits per heavy atom. The zero-order chi connectivity index (χ0) is 14.6. The van der Waals surface area contributed by atoms with Crippen molar-refractivity contribution in [2.75, 3.05) is 33.4 Å². The molecule has 1 saturated heterocycles. The molecule has 2 fully saturated rings. The first-order valence-corrected chi connectivity index (χ1v) is 8.01. The van der Waals surface area contributed by atoms with Crippen LogP contribution in [0.15, 0.2) is 0 Å². The lowest BCUT2D eigenvalue weighted by molar-refractivity contribution is -0.152. The molecule has 0 atom stereocenters. The molecule has 0 aromatic heterocycles. The van der Waals surface area contributed by atoms with Gasteiger partial charge < -0.3 is 14.7 Å². The maximum Gasteiger partial charge on any atom is 0.228 e. The minimum absolute atomic E-state index is 0.0517. The molecule has 2 rings (SSSR count). The summed E-state index contributed by atoms with van der Waals surface area (Å²) in [6.45, 7) is 4.68. The van der Waals surface area contributed by atoms with E-state index < -0.39 is 0 Å². The third kappa shape index (κ3) is 2.86. The molecule has 1 heterocycles. The number of hydrogen-bond donors (Lipinski definition) is 1. The van der Waals surface area contributed by atoms with E-state index in [1.54, 1.807) is 7.11 Å². The molecular weight excluding hydrogens is 254 g/mol. The average Bonchev–Trinajstić information content (AvgIpc) is 2.46. The number of amides is 1. The van der Waals surface area contributed by atoms with E-state index in [1.165, 1.54) is 6.42 Å². The summed E-state index contributed by atoms with van der Waals surface area (Å²) >= 11 is 0. The topological polar surface area (TPSA) is 49.8 Å². The van der Waals surface area contributed by atoms with Gasteiger partial charge in [-0.05, 0) is 43.9 Å². The molecule has 0 radical (unpaired) electrons. The van der Waals surface area contributed by atoms with Crippen LogP contribution >= 0.6 is 0 Å². The van der Waals surface area contributed by atoms with E-state index in [4.69, 9.17) is 4.74 Å². The molecule has 0 unspecified atom stereocenters. The molecule has 1 saturated carbocycles. The standard InChI is InChI=1S/C16H29NO3/c1-3-15(13-18)7-10-17(11-8-15)14(19)16(5-4-6-16)9-12-20-2/h18H,3-13H2,1-2H3. The molecule has 0 aromatic rings. The van der Waals surface area contributed by atoms with Gasteiger partial charge in [-0.25, -0.2) is 0 Å². The van der Waals surface area contributed by atoms with Crippen molar-refractivity contribution in [3.05, 3.63) is 0 Å². The SMILES string of the molecule is CCC1(CO)CCN(C(=O)C2(CCOC)CCC2)CC1. The maximum atomic E-state index is 12.8. The lowest BCUT2D eigenvalue weighted by Crippen LogP contribution is -2.52. The second kappa shape index (κ2) is 6.44. The second-order valence-corrected chi connectivity index (χ2v) is 6.68. The van der Waals surface area contributed by atoms with Crippen LogP contribution in [0.25, 0.3) is 0 Å². The van der Waals surface area contributed by atoms with Crippen LogP contribution in [0.2, 0.25) is 0 Å². The molecule has 1 aliphatic carbocycles. The Morgan fingerprint density at radius 3 is 2.30 bits per heavy atom. The first-order valence-electron chi connectivity index (χ1n) is 8.01. The minimum atomic E-state index is -0.137. The van der Waals surface area contributed by atoms with Gasteiger partial charge in [0.1, 0.15) is 0 Å². The zero-order valence-electron chi connectivity index (χ0n) is 13.0. The highest BCUT2D eigenvalue weighted by atomic mass is 16.5. The van der Waals surface area contributed by atoms with Gasteiger partial charge in [-0.3, -0.25) is 4.79 Å². The smallest absolute Gasteiger partial charge is 0.228 e. The summed E-state index contributed by atoms with van der Waals surface area (Å²) in [5.74, 6) is 0.337. The van der Waals surface area contributed by atoms with Crippen LogP contribution in [0, 0.1) is 10.8 Å². The third-order valence-corrected chi connectivity index (χ3v) is 5.75. The normalized spacial score (nSPS) is 24.2. The fourth-order valence-corrected chi connectivity index (χ4v) is 3.61. The number of aliphatic hydroxyl groups is 1. The summed E-state index contributed by atoms with van der Waals surface area (Å²) in [7, 11) is 1.70. The molecule has 1 amide bonds. The highest BCUT2D eigenvalue weighted by molar-refractivity contribution is 5.83. The third-order valence-electron chi connectivity index (χ3n) is 5.75. The summed E-state index contributed by atoms with van der Waals surface area (Å²) in [6, 6.07) is 0. The van der Waals surface area contributed by atoms with Crippen LogP contribution in [0.5, 0.6) is 0 Å². The highest BCUT2D eigenvalue weighted by Crippen LogP contribution is 2.46. The van der Waals surface area contributed by atoms with Crippen molar-refractivity contribution in [2.24, 2.45) is 10.8 Å². The number of nitrogens with zero attached hydrogens (tertiary/aromatic N) is 1. The quantitative estimate of drug-likeness (QED) is 0.813. The number of aliphatic hydroxyl groups excluding tert-OH is 1. The number of carbonyl (C=O) groups is 1. The Balaban J connectivity index is 1.94. The van der Waals surface area contributed by atoms with Gasteiger partial charge >= 0.3 is 0 Å². The van der Waals surface area contributed by atoms with Gasteiger partial charge in [0.05, 0.1) is 5.41 Å². The average molecular weight is 283 g/mol. The summed E-state index contributed by atoms with van der Waals surface area (Å²) < 4.78 is 5.17. The van der Waals surface area contributed by atoms with Gasteiger partial charge in [0.15, 0.2) is 0 Å². The Morgan fingerprint density at radius 2 is 1.90 bits per heavy atom. The Hall–Kier alpha value is -0.610. The van der Waals surface area contributed by atoms with Gasteiger partial charge in [-0.1, -0.05) is 13.3 Å². The van der Waals surface area contributed by atoms with Crippen molar-refractivity contribution >= 4 is 5.91 Å². The molecule has 2 aliphatic rings. The molecule has 4 heteroatoms. The number of rotatable bonds is 6. The van der Waals surface area contributed by atoms with Crippen LogP contribution in [-0.4, -0.2) is 49.3 Å². The Kier molecular flexibility index (Phi) is 5.08. The van der Waals surface area contributed by atoms with Crippen molar-refractivity contribution in [3.63, 3.8) is 0 Å². The minimum Gasteiger partial charge on any atom is -0.396 e. The van der Waals surface area contributed by atoms with Crippen molar-refractivity contribution in [1.82, 2.24) is 4.90 Å². The van der Waals surface area contributed by atoms with Crippen LogP contribution in [0.3, 0.4) is 0 Å². The molecule has 0 bridgehead atoms. The molecule has 4 nitrogen and oxygen atoms in total. The lowest BCUT2D eigenvalue weighted by atomic mass is 9.65. The summed E-state index contributed by atoms with van der Waals surface area (Å²) in [5, 5.41) is 9.58. The number of carbonyl (C=O) groups excluding carboxylic acids is 1. The molecular formula is C16H29NO3. The first-order chi connectivity index (χ1) is 9.61. The van der Waals surface area contributed by atoms with Gasteiger partial charge in [0.25, 0.3) is 0 Å². The summed E-state index contributed by atoms with van der Waals surface area (Å²) in [6.07, 6.45) is 6.93. The van der Waals surface area contributed by atoms with E-state index in [2.05, 4.69) is 6.92 Å². The summed E-state index contributed by atoms with van der Waals surface area (Å²) in [5.41, 5.74) is -0.0858. The fraction of sp³-hybridized carbons (Fsp3) is 0.938. The fourth-order valence-electron chi connectivity index (χ4n) is 3.61. The van der Waals surface area contributed by atoms with Gasteiger partial charge in [0.2, 0.25) is 5.91 Å². The van der Waals surface area contributed by atoms with Gasteiger partial charge in [0, 0.05) is 33.4 Å². The summed E-state index contributed by atoms with van der Waals surface area (Å²) in [4.78, 5) is 14.8. The highest BCUT2D eigenvalue weighted by Gasteiger charge is 2.47. The van der Waals surface area contributed by atoms with Crippen molar-refractivity contribution in [2.45, 2.75) is 51.9 Å². The largest absolute Gasteiger partial charge is 0.396 e. The number of likely N-dealkylation sites (tertiary alicyclic amines) is 1. The van der Waals surface area contributed by atoms with E-state index in [0.29, 0.717) is 12.5 Å². The molecule has 1 aliphatic heterocycles. The predicted molar refractivity (Wildman–Crippen MR) is 78.4 cm³/mol. The van der Waals surface area contributed by atoms with Crippen LogP contribution in [0.1, 0.15) is 51.9 Å². The monoisotopic (exact) mass is 283 g/mol. The van der Waals surface area contributed by atoms with Crippen molar-refractivity contribution < 1.29 is 14.6 Å². The number of ether oxygens (including phenoxy) is 1. The predicted octanol–water partition coefficient (Wildman–Crippen LogP) is 2.20. The van der Waals surface area contributed by atoms with E-state index in [0.717, 1.165) is 51.6 Å². The van der Waals surface area contributed by atoms with E-state index in [9.17, 15) is 9.90 Å². The van der Waals surface area contributed by atoms with E-state index in [1.807, 2.05) is 4.90 Å². The van der Waals surface area contributed by atoms with Crippen molar-refractivity contribution in [1.29, 1.82) is 0 Å². The number of methoxy groups -OCH3 is 1.